The molecule has 0 aliphatic carbocycles. The molecule has 0 saturated carbocycles. The molecule has 0 aliphatic heterocycles. The zero-order valence-electron chi connectivity index (χ0n) is 9.00. The Bertz CT molecular complexity index is 553. The highest BCUT2D eigenvalue weighted by Gasteiger charge is 2.25. The number of rotatable bonds is 3. The first kappa shape index (κ1) is 11.5. The number of nitrogens with zero attached hydrogens (tertiary/aromatic N) is 4. The monoisotopic (exact) mass is 252 g/mol. The van der Waals surface area contributed by atoms with Crippen LogP contribution in [0.1, 0.15) is 12.6 Å². The van der Waals surface area contributed by atoms with Gasteiger partial charge in [-0.25, -0.2) is 4.68 Å². The lowest BCUT2D eigenvalue weighted by Crippen LogP contribution is -1.97. The van der Waals surface area contributed by atoms with Gasteiger partial charge in [-0.15, -0.1) is 0 Å². The van der Waals surface area contributed by atoms with Crippen LogP contribution >= 0.6 is 11.6 Å². The van der Waals surface area contributed by atoms with Gasteiger partial charge in [-0.1, -0.05) is 18.5 Å². The number of hydrogen-bond acceptors (Lipinski definition) is 4. The van der Waals surface area contributed by atoms with Crippen LogP contribution in [0.5, 0.6) is 0 Å². The fourth-order valence-electron chi connectivity index (χ4n) is 1.51. The van der Waals surface area contributed by atoms with Gasteiger partial charge in [0.05, 0.1) is 10.6 Å². The van der Waals surface area contributed by atoms with Crippen LogP contribution in [0.25, 0.3) is 5.69 Å². The van der Waals surface area contributed by atoms with Crippen LogP contribution in [0.15, 0.2) is 24.5 Å². The minimum atomic E-state index is -0.508. The van der Waals surface area contributed by atoms with E-state index < -0.39 is 4.92 Å². The second kappa shape index (κ2) is 4.50. The Labute approximate surface area is 102 Å². The Morgan fingerprint density at radius 3 is 2.59 bits per heavy atom. The fourth-order valence-corrected chi connectivity index (χ4v) is 1.82. The maximum absolute atomic E-state index is 10.9. The zero-order valence-corrected chi connectivity index (χ0v) is 9.76. The molecule has 2 rings (SSSR count). The summed E-state index contributed by atoms with van der Waals surface area (Å²) in [5, 5.41) is 15.0. The van der Waals surface area contributed by atoms with Gasteiger partial charge >= 0.3 is 5.69 Å². The molecular weight excluding hydrogens is 244 g/mol. The van der Waals surface area contributed by atoms with E-state index in [9.17, 15) is 10.1 Å². The number of pyridine rings is 1. The molecule has 0 aromatic carbocycles. The van der Waals surface area contributed by atoms with Crippen molar-refractivity contribution in [3.05, 3.63) is 45.5 Å². The van der Waals surface area contributed by atoms with Crippen molar-refractivity contribution in [1.29, 1.82) is 0 Å². The summed E-state index contributed by atoms with van der Waals surface area (Å²) in [6.07, 6.45) is 3.60. The van der Waals surface area contributed by atoms with Crippen molar-refractivity contribution < 1.29 is 4.92 Å². The Balaban J connectivity index is 2.61. The summed E-state index contributed by atoms with van der Waals surface area (Å²) in [6, 6.07) is 3.37. The van der Waals surface area contributed by atoms with Crippen LogP contribution < -0.4 is 0 Å². The molecule has 0 aliphatic rings. The largest absolute Gasteiger partial charge is 0.329 e. The van der Waals surface area contributed by atoms with E-state index in [2.05, 4.69) is 10.1 Å². The van der Waals surface area contributed by atoms with Gasteiger partial charge in [0.15, 0.2) is 0 Å². The molecule has 7 heteroatoms. The van der Waals surface area contributed by atoms with Crippen molar-refractivity contribution in [3.8, 4) is 5.69 Å². The summed E-state index contributed by atoms with van der Waals surface area (Å²) in [7, 11) is 0. The SMILES string of the molecule is CCc1nn(-c2ccncc2)c(Cl)c1[N+](=O)[O-]. The molecule has 0 N–H and O–H groups in total. The molecule has 6 nitrogen and oxygen atoms in total. The van der Waals surface area contributed by atoms with E-state index in [4.69, 9.17) is 11.6 Å². The molecule has 0 spiro atoms. The Morgan fingerprint density at radius 1 is 1.47 bits per heavy atom. The minimum absolute atomic E-state index is 0.0121. The summed E-state index contributed by atoms with van der Waals surface area (Å²) >= 11 is 5.98. The highest BCUT2D eigenvalue weighted by atomic mass is 35.5. The van der Waals surface area contributed by atoms with Crippen LogP contribution in [0, 0.1) is 10.1 Å². The van der Waals surface area contributed by atoms with Gasteiger partial charge in [-0.3, -0.25) is 15.1 Å². The molecule has 0 fully saturated rings. The topological polar surface area (TPSA) is 73.8 Å². The molecule has 0 saturated heterocycles. The lowest BCUT2D eigenvalue weighted by molar-refractivity contribution is -0.385. The lowest BCUT2D eigenvalue weighted by Gasteiger charge is -2.00. The quantitative estimate of drug-likeness (QED) is 0.621. The second-order valence-electron chi connectivity index (χ2n) is 3.31. The molecule has 88 valence electrons. The molecule has 17 heavy (non-hydrogen) atoms. The number of aromatic nitrogens is 3. The summed E-state index contributed by atoms with van der Waals surface area (Å²) in [5.41, 5.74) is 0.885. The van der Waals surface area contributed by atoms with Crippen molar-refractivity contribution in [2.24, 2.45) is 0 Å². The smallest absolute Gasteiger partial charge is 0.265 e. The molecule has 0 bridgehead atoms. The zero-order chi connectivity index (χ0) is 12.4. The normalized spacial score (nSPS) is 10.5. The first-order valence-corrected chi connectivity index (χ1v) is 5.35. The van der Waals surface area contributed by atoms with Gasteiger partial charge in [-0.05, 0) is 18.6 Å². The van der Waals surface area contributed by atoms with E-state index in [1.165, 1.54) is 4.68 Å². The van der Waals surface area contributed by atoms with Crippen molar-refractivity contribution in [2.75, 3.05) is 0 Å². The van der Waals surface area contributed by atoms with Gasteiger partial charge in [0.1, 0.15) is 5.69 Å². The first-order valence-electron chi connectivity index (χ1n) is 4.97. The maximum Gasteiger partial charge on any atom is 0.329 e. The van der Waals surface area contributed by atoms with E-state index >= 15 is 0 Å². The molecule has 0 atom stereocenters. The van der Waals surface area contributed by atoms with Crippen LogP contribution in [0.2, 0.25) is 5.15 Å². The second-order valence-corrected chi connectivity index (χ2v) is 3.67. The van der Waals surface area contributed by atoms with Crippen molar-refractivity contribution in [1.82, 2.24) is 14.8 Å². The van der Waals surface area contributed by atoms with E-state index in [0.717, 1.165) is 0 Å². The average Bonchev–Trinajstić information content (AvgIpc) is 2.67. The van der Waals surface area contributed by atoms with Crippen LogP contribution in [0.3, 0.4) is 0 Å². The van der Waals surface area contributed by atoms with Gasteiger partial charge < -0.3 is 0 Å². The molecule has 0 radical (unpaired) electrons. The van der Waals surface area contributed by atoms with Crippen LogP contribution in [-0.2, 0) is 6.42 Å². The average molecular weight is 253 g/mol. The third-order valence-corrected chi connectivity index (χ3v) is 2.64. The number of halogens is 1. The minimum Gasteiger partial charge on any atom is -0.265 e. The lowest BCUT2D eigenvalue weighted by atomic mass is 10.3. The van der Waals surface area contributed by atoms with Crippen molar-refractivity contribution >= 4 is 17.3 Å². The Kier molecular flexibility index (Phi) is 3.06. The maximum atomic E-state index is 10.9. The van der Waals surface area contributed by atoms with Crippen molar-refractivity contribution in [3.63, 3.8) is 0 Å². The number of nitro groups is 1. The van der Waals surface area contributed by atoms with Crippen molar-refractivity contribution in [2.45, 2.75) is 13.3 Å². The molecule has 0 amide bonds. The summed E-state index contributed by atoms with van der Waals surface area (Å²) in [5.74, 6) is 0. The first-order chi connectivity index (χ1) is 8.15. The third-order valence-electron chi connectivity index (χ3n) is 2.30. The Morgan fingerprint density at radius 2 is 2.12 bits per heavy atom. The van der Waals surface area contributed by atoms with E-state index in [1.807, 2.05) is 0 Å². The highest BCUT2D eigenvalue weighted by Crippen LogP contribution is 2.30. The summed E-state index contributed by atoms with van der Waals surface area (Å²) in [6.45, 7) is 1.79. The standard InChI is InChI=1S/C10H9ClN4O2/c1-2-8-9(15(16)17)10(11)14(13-8)7-3-5-12-6-4-7/h3-6H,2H2,1H3. The van der Waals surface area contributed by atoms with Gasteiger partial charge in [0.25, 0.3) is 0 Å². The van der Waals surface area contributed by atoms with E-state index in [-0.39, 0.29) is 10.8 Å². The molecular formula is C10H9ClN4O2. The predicted octanol–water partition coefficient (Wildman–Crippen LogP) is 2.39. The Hall–Kier alpha value is -1.95. The fraction of sp³-hybridized carbons (Fsp3) is 0.200. The third kappa shape index (κ3) is 1.99. The molecule has 2 heterocycles. The molecule has 2 aromatic heterocycles. The van der Waals surface area contributed by atoms with E-state index in [1.54, 1.807) is 31.5 Å². The van der Waals surface area contributed by atoms with Gasteiger partial charge in [-0.2, -0.15) is 5.10 Å². The summed E-state index contributed by atoms with van der Waals surface area (Å²) < 4.78 is 1.35. The summed E-state index contributed by atoms with van der Waals surface area (Å²) in [4.78, 5) is 14.3. The predicted molar refractivity (Wildman–Crippen MR) is 62.4 cm³/mol. The van der Waals surface area contributed by atoms with Gasteiger partial charge in [0, 0.05) is 12.4 Å². The van der Waals surface area contributed by atoms with Crippen LogP contribution in [0.4, 0.5) is 5.69 Å². The van der Waals surface area contributed by atoms with E-state index in [0.29, 0.717) is 17.8 Å². The van der Waals surface area contributed by atoms with Gasteiger partial charge in [0.2, 0.25) is 5.15 Å². The number of hydrogen-bond donors (Lipinski definition) is 0. The highest BCUT2D eigenvalue weighted by molar-refractivity contribution is 6.32. The molecule has 2 aromatic rings. The number of aryl methyl sites for hydroxylation is 1. The molecule has 0 unspecified atom stereocenters. The van der Waals surface area contributed by atoms with Crippen LogP contribution in [-0.4, -0.2) is 19.7 Å².